The molecule has 5 nitrogen and oxygen atoms in total. The molecular formula is C27H33F3N2O3S. The fraction of sp³-hybridized carbons (Fsp3) is 0.481. The van der Waals surface area contributed by atoms with E-state index in [2.05, 4.69) is 24.5 Å². The molecule has 2 unspecified atom stereocenters. The number of amides is 1. The number of carbonyl (C=O) groups excluding carboxylic acids is 1. The highest BCUT2D eigenvalue weighted by atomic mass is 32.2. The fourth-order valence-corrected chi connectivity index (χ4v) is 6.17. The second-order valence-electron chi connectivity index (χ2n) is 9.17. The smallest absolute Gasteiger partial charge is 0.416 e. The molecule has 0 aromatic heterocycles. The summed E-state index contributed by atoms with van der Waals surface area (Å²) >= 11 is 1.64. The summed E-state index contributed by atoms with van der Waals surface area (Å²) in [4.78, 5) is 23.8. The van der Waals surface area contributed by atoms with Gasteiger partial charge in [0.15, 0.2) is 0 Å². The third kappa shape index (κ3) is 7.41. The van der Waals surface area contributed by atoms with Crippen molar-refractivity contribution in [3.63, 3.8) is 0 Å². The van der Waals surface area contributed by atoms with Gasteiger partial charge < -0.3 is 15.7 Å². The van der Waals surface area contributed by atoms with Crippen molar-refractivity contribution in [2.75, 3.05) is 11.9 Å². The van der Waals surface area contributed by atoms with Gasteiger partial charge in [-0.1, -0.05) is 26.7 Å². The van der Waals surface area contributed by atoms with Gasteiger partial charge in [0, 0.05) is 34.0 Å². The lowest BCUT2D eigenvalue weighted by molar-refractivity contribution is -0.138. The van der Waals surface area contributed by atoms with Crippen LogP contribution in [-0.4, -0.2) is 34.8 Å². The topological polar surface area (TPSA) is 78.4 Å². The maximum Gasteiger partial charge on any atom is 0.416 e. The minimum Gasteiger partial charge on any atom is -0.481 e. The van der Waals surface area contributed by atoms with Gasteiger partial charge in [-0.3, -0.25) is 9.59 Å². The van der Waals surface area contributed by atoms with Crippen LogP contribution in [-0.2, 0) is 17.4 Å². The summed E-state index contributed by atoms with van der Waals surface area (Å²) < 4.78 is 39.7. The maximum atomic E-state index is 13.2. The van der Waals surface area contributed by atoms with Crippen LogP contribution in [0.5, 0.6) is 0 Å². The molecule has 0 fully saturated rings. The van der Waals surface area contributed by atoms with E-state index in [1.54, 1.807) is 30.0 Å². The minimum atomic E-state index is -4.36. The van der Waals surface area contributed by atoms with E-state index in [0.717, 1.165) is 47.9 Å². The van der Waals surface area contributed by atoms with E-state index in [1.807, 2.05) is 12.1 Å². The highest BCUT2D eigenvalue weighted by Crippen LogP contribution is 2.44. The van der Waals surface area contributed by atoms with E-state index in [9.17, 15) is 22.8 Å². The Morgan fingerprint density at radius 3 is 2.33 bits per heavy atom. The summed E-state index contributed by atoms with van der Waals surface area (Å²) in [7, 11) is 0. The molecule has 0 spiro atoms. The Balaban J connectivity index is 1.77. The molecule has 3 N–H and O–H groups in total. The Morgan fingerprint density at radius 2 is 1.75 bits per heavy atom. The van der Waals surface area contributed by atoms with Crippen molar-refractivity contribution in [1.29, 1.82) is 0 Å². The second-order valence-corrected chi connectivity index (χ2v) is 10.4. The molecule has 0 bridgehead atoms. The van der Waals surface area contributed by atoms with E-state index in [-0.39, 0.29) is 30.2 Å². The number of anilines is 1. The van der Waals surface area contributed by atoms with Crippen LogP contribution in [0.15, 0.2) is 47.4 Å². The van der Waals surface area contributed by atoms with Gasteiger partial charge >= 0.3 is 12.1 Å². The summed E-state index contributed by atoms with van der Waals surface area (Å²) in [5.74, 6) is -0.958. The van der Waals surface area contributed by atoms with Gasteiger partial charge in [0.05, 0.1) is 12.0 Å². The lowest BCUT2D eigenvalue weighted by Gasteiger charge is -2.33. The molecule has 1 heterocycles. The first-order chi connectivity index (χ1) is 17.1. The predicted octanol–water partition coefficient (Wildman–Crippen LogP) is 6.62. The number of carboxylic acids is 1. The molecule has 1 aliphatic rings. The highest BCUT2D eigenvalue weighted by molar-refractivity contribution is 8.00. The SMILES string of the molecule is CCCC(CCC)C(Nc1ccc(C(=O)NCCC(=O)O)cc1)C1Cc2cc(C(F)(F)F)ccc2S1. The van der Waals surface area contributed by atoms with Crippen LogP contribution in [0.1, 0.15) is 67.4 Å². The molecular weight excluding hydrogens is 489 g/mol. The lowest BCUT2D eigenvalue weighted by atomic mass is 9.86. The van der Waals surface area contributed by atoms with Crippen molar-refractivity contribution >= 4 is 29.3 Å². The van der Waals surface area contributed by atoms with E-state index in [4.69, 9.17) is 5.11 Å². The number of hydrogen-bond donors (Lipinski definition) is 3. The van der Waals surface area contributed by atoms with Crippen LogP contribution in [0.3, 0.4) is 0 Å². The number of nitrogens with one attached hydrogen (secondary N) is 2. The number of thioether (sulfide) groups is 1. The Hall–Kier alpha value is -2.68. The van der Waals surface area contributed by atoms with Crippen molar-refractivity contribution < 1.29 is 27.9 Å². The predicted molar refractivity (Wildman–Crippen MR) is 137 cm³/mol. The van der Waals surface area contributed by atoms with E-state index in [1.165, 1.54) is 6.07 Å². The van der Waals surface area contributed by atoms with Gasteiger partial charge in [-0.05, 0) is 73.2 Å². The van der Waals surface area contributed by atoms with Crippen LogP contribution < -0.4 is 10.6 Å². The Labute approximate surface area is 214 Å². The summed E-state index contributed by atoms with van der Waals surface area (Å²) in [5.41, 5.74) is 1.41. The molecule has 36 heavy (non-hydrogen) atoms. The third-order valence-electron chi connectivity index (χ3n) is 6.42. The number of carbonyl (C=O) groups is 2. The van der Waals surface area contributed by atoms with Crippen LogP contribution in [0.4, 0.5) is 18.9 Å². The average molecular weight is 523 g/mol. The summed E-state index contributed by atoms with van der Waals surface area (Å²) in [6.45, 7) is 4.34. The number of carboxylic acid groups (broad SMARTS) is 1. The quantitative estimate of drug-likeness (QED) is 0.292. The Kier molecular flexibility index (Phi) is 9.70. The molecule has 9 heteroatoms. The monoisotopic (exact) mass is 522 g/mol. The molecule has 196 valence electrons. The van der Waals surface area contributed by atoms with E-state index >= 15 is 0 Å². The zero-order chi connectivity index (χ0) is 26.3. The van der Waals surface area contributed by atoms with Crippen LogP contribution in [0.25, 0.3) is 0 Å². The molecule has 1 amide bonds. The molecule has 0 saturated carbocycles. The van der Waals surface area contributed by atoms with E-state index < -0.39 is 17.7 Å². The van der Waals surface area contributed by atoms with Crippen LogP contribution in [0.2, 0.25) is 0 Å². The summed E-state index contributed by atoms with van der Waals surface area (Å²) in [6.07, 6.45) is 0.115. The van der Waals surface area contributed by atoms with Gasteiger partial charge in [0.25, 0.3) is 5.91 Å². The number of halogens is 3. The van der Waals surface area contributed by atoms with Gasteiger partial charge in [0.1, 0.15) is 0 Å². The zero-order valence-corrected chi connectivity index (χ0v) is 21.3. The molecule has 1 aliphatic heterocycles. The fourth-order valence-electron chi connectivity index (χ4n) is 4.71. The molecule has 0 radical (unpaired) electrons. The first kappa shape index (κ1) is 27.9. The lowest BCUT2D eigenvalue weighted by Crippen LogP contribution is -2.38. The van der Waals surface area contributed by atoms with Crippen molar-refractivity contribution in [3.8, 4) is 0 Å². The number of alkyl halides is 3. The number of rotatable bonds is 12. The average Bonchev–Trinajstić information content (AvgIpc) is 3.25. The van der Waals surface area contributed by atoms with Crippen molar-refractivity contribution in [3.05, 3.63) is 59.2 Å². The normalized spacial score (nSPS) is 16.0. The standard InChI is InChI=1S/C27H33F3N2O3S/c1-3-5-17(6-4-2)25(23-16-19-15-20(27(28,29)30)9-12-22(19)36-23)32-21-10-7-18(8-11-21)26(35)31-14-13-24(33)34/h7-12,15,17,23,25,32H,3-6,13-14,16H2,1-2H3,(H,31,35)(H,33,34). The third-order valence-corrected chi connectivity index (χ3v) is 7.83. The molecule has 2 aromatic carbocycles. The number of hydrogen-bond acceptors (Lipinski definition) is 4. The first-order valence-corrected chi connectivity index (χ1v) is 13.2. The number of benzene rings is 2. The molecule has 3 rings (SSSR count). The summed E-state index contributed by atoms with van der Waals surface area (Å²) in [6, 6.07) is 11.1. The highest BCUT2D eigenvalue weighted by Gasteiger charge is 2.37. The maximum absolute atomic E-state index is 13.2. The van der Waals surface area contributed by atoms with Crippen molar-refractivity contribution in [1.82, 2.24) is 5.32 Å². The second kappa shape index (κ2) is 12.5. The largest absolute Gasteiger partial charge is 0.481 e. The first-order valence-electron chi connectivity index (χ1n) is 12.4. The number of aliphatic carboxylic acids is 1. The Bertz CT molecular complexity index is 1040. The van der Waals surface area contributed by atoms with Gasteiger partial charge in [-0.15, -0.1) is 11.8 Å². The molecule has 0 saturated heterocycles. The summed E-state index contributed by atoms with van der Waals surface area (Å²) in [5, 5.41) is 15.0. The van der Waals surface area contributed by atoms with Gasteiger partial charge in [-0.2, -0.15) is 13.2 Å². The molecule has 2 aromatic rings. The van der Waals surface area contributed by atoms with E-state index in [0.29, 0.717) is 17.9 Å². The number of fused-ring (bicyclic) bond motifs is 1. The zero-order valence-electron chi connectivity index (χ0n) is 20.5. The molecule has 0 aliphatic carbocycles. The molecule has 2 atom stereocenters. The van der Waals surface area contributed by atoms with Crippen LogP contribution >= 0.6 is 11.8 Å². The minimum absolute atomic E-state index is 0.0480. The van der Waals surface area contributed by atoms with Crippen molar-refractivity contribution in [2.45, 2.75) is 74.7 Å². The Morgan fingerprint density at radius 1 is 1.08 bits per heavy atom. The van der Waals surface area contributed by atoms with Gasteiger partial charge in [0.2, 0.25) is 0 Å². The van der Waals surface area contributed by atoms with Gasteiger partial charge in [-0.25, -0.2) is 0 Å². The van der Waals surface area contributed by atoms with Crippen LogP contribution in [0, 0.1) is 5.92 Å². The van der Waals surface area contributed by atoms with Crippen molar-refractivity contribution in [2.24, 2.45) is 5.92 Å².